The first kappa shape index (κ1) is 14.1. The number of aromatic nitrogens is 1. The molecule has 0 spiro atoms. The van der Waals surface area contributed by atoms with Crippen molar-refractivity contribution in [2.45, 2.75) is 31.7 Å². The Morgan fingerprint density at radius 1 is 1.48 bits per heavy atom. The molecule has 7 nitrogen and oxygen atoms in total. The highest BCUT2D eigenvalue weighted by atomic mass is 16.5. The predicted octanol–water partition coefficient (Wildman–Crippen LogP) is 0.0874. The van der Waals surface area contributed by atoms with Crippen molar-refractivity contribution in [3.05, 3.63) is 17.5 Å². The molecule has 114 valence electrons. The second-order valence-electron chi connectivity index (χ2n) is 5.95. The maximum Gasteiger partial charge on any atom is 0.273 e. The zero-order chi connectivity index (χ0) is 15.0. The highest BCUT2D eigenvalue weighted by molar-refractivity contribution is 5.92. The molecule has 21 heavy (non-hydrogen) atoms. The monoisotopic (exact) mass is 292 g/mol. The van der Waals surface area contributed by atoms with Crippen molar-refractivity contribution in [2.24, 2.45) is 11.7 Å². The summed E-state index contributed by atoms with van der Waals surface area (Å²) in [5, 5.41) is 6.76. The molecule has 3 N–H and O–H groups in total. The average molecular weight is 292 g/mol. The van der Waals surface area contributed by atoms with E-state index in [9.17, 15) is 9.59 Å². The van der Waals surface area contributed by atoms with E-state index in [2.05, 4.69) is 10.5 Å². The van der Waals surface area contributed by atoms with E-state index >= 15 is 0 Å². The first-order valence-corrected chi connectivity index (χ1v) is 7.33. The number of nitrogens with zero attached hydrogens (tertiary/aromatic N) is 2. The highest BCUT2D eigenvalue weighted by Crippen LogP contribution is 2.40. The molecular weight excluding hydrogens is 272 g/mol. The second kappa shape index (κ2) is 5.48. The maximum absolute atomic E-state index is 12.2. The molecule has 1 aromatic rings. The third-order valence-corrected chi connectivity index (χ3v) is 4.20. The number of nitrogens with two attached hydrogens (primary N) is 1. The maximum atomic E-state index is 12.2. The third kappa shape index (κ3) is 2.92. The van der Waals surface area contributed by atoms with Crippen LogP contribution < -0.4 is 11.1 Å². The van der Waals surface area contributed by atoms with Gasteiger partial charge in [0, 0.05) is 25.1 Å². The Labute approximate surface area is 122 Å². The Bertz CT molecular complexity index is 552. The molecule has 2 atom stereocenters. The van der Waals surface area contributed by atoms with Gasteiger partial charge in [-0.15, -0.1) is 0 Å². The van der Waals surface area contributed by atoms with E-state index in [0.717, 1.165) is 18.6 Å². The molecule has 1 saturated carbocycles. The van der Waals surface area contributed by atoms with Gasteiger partial charge in [-0.3, -0.25) is 9.59 Å². The summed E-state index contributed by atoms with van der Waals surface area (Å²) in [5.41, 5.74) is 5.68. The van der Waals surface area contributed by atoms with Crippen LogP contribution in [0.2, 0.25) is 0 Å². The molecule has 2 heterocycles. The number of nitrogens with one attached hydrogen (secondary N) is 1. The van der Waals surface area contributed by atoms with Gasteiger partial charge < -0.3 is 20.5 Å². The number of rotatable bonds is 4. The number of hydrogen-bond acceptors (Lipinski definition) is 5. The van der Waals surface area contributed by atoms with E-state index in [0.29, 0.717) is 24.7 Å². The summed E-state index contributed by atoms with van der Waals surface area (Å²) in [6.07, 6.45) is 2.21. The number of amides is 2. The summed E-state index contributed by atoms with van der Waals surface area (Å²) in [6, 6.07) is 1.64. The second-order valence-corrected chi connectivity index (χ2v) is 5.95. The fourth-order valence-corrected chi connectivity index (χ4v) is 2.69. The van der Waals surface area contributed by atoms with Crippen molar-refractivity contribution in [2.75, 3.05) is 19.6 Å². The fourth-order valence-electron chi connectivity index (χ4n) is 2.69. The van der Waals surface area contributed by atoms with Crippen molar-refractivity contribution in [3.8, 4) is 0 Å². The smallest absolute Gasteiger partial charge is 0.273 e. The molecule has 0 bridgehead atoms. The summed E-state index contributed by atoms with van der Waals surface area (Å²) >= 11 is 0. The van der Waals surface area contributed by atoms with Crippen LogP contribution in [0.25, 0.3) is 0 Å². The zero-order valence-electron chi connectivity index (χ0n) is 12.0. The largest absolute Gasteiger partial charge is 0.360 e. The molecule has 1 aliphatic heterocycles. The highest BCUT2D eigenvalue weighted by Gasteiger charge is 2.34. The topological polar surface area (TPSA) is 101 Å². The Balaban J connectivity index is 1.60. The van der Waals surface area contributed by atoms with E-state index in [1.807, 2.05) is 6.92 Å². The SMILES string of the molecule is C[C@H]1CN(C(=O)CN)C[C@H]1NC(=O)c1cc(C2CC2)on1. The summed E-state index contributed by atoms with van der Waals surface area (Å²) < 4.78 is 5.19. The third-order valence-electron chi connectivity index (χ3n) is 4.20. The minimum Gasteiger partial charge on any atom is -0.360 e. The van der Waals surface area contributed by atoms with Crippen LogP contribution in [0.5, 0.6) is 0 Å². The van der Waals surface area contributed by atoms with E-state index in [4.69, 9.17) is 10.3 Å². The van der Waals surface area contributed by atoms with E-state index in [1.54, 1.807) is 11.0 Å². The lowest BCUT2D eigenvalue weighted by molar-refractivity contribution is -0.128. The van der Waals surface area contributed by atoms with Crippen LogP contribution in [0.4, 0.5) is 0 Å². The number of likely N-dealkylation sites (tertiary alicyclic amines) is 1. The van der Waals surface area contributed by atoms with E-state index in [-0.39, 0.29) is 30.3 Å². The van der Waals surface area contributed by atoms with Gasteiger partial charge in [-0.2, -0.15) is 0 Å². The molecule has 2 fully saturated rings. The molecular formula is C14H20N4O3. The predicted molar refractivity (Wildman–Crippen MR) is 74.5 cm³/mol. The van der Waals surface area contributed by atoms with Crippen molar-refractivity contribution in [3.63, 3.8) is 0 Å². The van der Waals surface area contributed by atoms with Crippen LogP contribution in [0.3, 0.4) is 0 Å². The first-order chi connectivity index (χ1) is 10.1. The Morgan fingerprint density at radius 2 is 2.24 bits per heavy atom. The van der Waals surface area contributed by atoms with Crippen molar-refractivity contribution in [1.29, 1.82) is 0 Å². The van der Waals surface area contributed by atoms with Gasteiger partial charge >= 0.3 is 0 Å². The lowest BCUT2D eigenvalue weighted by atomic mass is 10.1. The summed E-state index contributed by atoms with van der Waals surface area (Å²) in [4.78, 5) is 25.5. The summed E-state index contributed by atoms with van der Waals surface area (Å²) in [6.45, 7) is 3.12. The number of hydrogen-bond donors (Lipinski definition) is 2. The molecule has 1 aromatic heterocycles. The number of carbonyl (C=O) groups excluding carboxylic acids is 2. The number of carbonyl (C=O) groups is 2. The van der Waals surface area contributed by atoms with Gasteiger partial charge in [0.1, 0.15) is 5.76 Å². The van der Waals surface area contributed by atoms with E-state index < -0.39 is 0 Å². The van der Waals surface area contributed by atoms with Gasteiger partial charge in [-0.1, -0.05) is 12.1 Å². The zero-order valence-corrected chi connectivity index (χ0v) is 12.0. The van der Waals surface area contributed by atoms with Crippen LogP contribution in [0, 0.1) is 5.92 Å². The molecule has 3 rings (SSSR count). The first-order valence-electron chi connectivity index (χ1n) is 7.33. The molecule has 1 saturated heterocycles. The fraction of sp³-hybridized carbons (Fsp3) is 0.643. The van der Waals surface area contributed by atoms with Crippen molar-refractivity contribution >= 4 is 11.8 Å². The Kier molecular flexibility index (Phi) is 3.67. The van der Waals surface area contributed by atoms with Crippen molar-refractivity contribution < 1.29 is 14.1 Å². The minimum atomic E-state index is -0.246. The Morgan fingerprint density at radius 3 is 2.90 bits per heavy atom. The molecule has 7 heteroatoms. The molecule has 0 radical (unpaired) electrons. The summed E-state index contributed by atoms with van der Waals surface area (Å²) in [5.74, 6) is 1.08. The van der Waals surface area contributed by atoms with Gasteiger partial charge in [0.05, 0.1) is 12.6 Å². The van der Waals surface area contributed by atoms with Crippen LogP contribution in [0.1, 0.15) is 41.9 Å². The molecule has 2 aliphatic rings. The average Bonchev–Trinajstić information content (AvgIpc) is 3.09. The molecule has 2 amide bonds. The molecule has 0 aromatic carbocycles. The molecule has 0 unspecified atom stereocenters. The normalized spacial score (nSPS) is 25.1. The lowest BCUT2D eigenvalue weighted by Gasteiger charge is -2.16. The van der Waals surface area contributed by atoms with Gasteiger partial charge in [0.2, 0.25) is 5.91 Å². The van der Waals surface area contributed by atoms with Crippen LogP contribution in [-0.4, -0.2) is 47.5 Å². The van der Waals surface area contributed by atoms with Crippen LogP contribution in [0.15, 0.2) is 10.6 Å². The van der Waals surface area contributed by atoms with Gasteiger partial charge in [0.15, 0.2) is 5.69 Å². The molecule has 1 aliphatic carbocycles. The van der Waals surface area contributed by atoms with Crippen molar-refractivity contribution in [1.82, 2.24) is 15.4 Å². The van der Waals surface area contributed by atoms with Crippen LogP contribution in [-0.2, 0) is 4.79 Å². The Hall–Kier alpha value is -1.89. The van der Waals surface area contributed by atoms with Gasteiger partial charge in [0.25, 0.3) is 5.91 Å². The minimum absolute atomic E-state index is 0.00141. The van der Waals surface area contributed by atoms with Gasteiger partial charge in [-0.25, -0.2) is 0 Å². The van der Waals surface area contributed by atoms with E-state index in [1.165, 1.54) is 0 Å². The standard InChI is InChI=1S/C14H20N4O3/c1-8-6-18(13(19)5-15)7-11(8)16-14(20)10-4-12(21-17-10)9-2-3-9/h4,8-9,11H,2-3,5-7,15H2,1H3,(H,16,20)/t8-,11+/m0/s1. The summed E-state index contributed by atoms with van der Waals surface area (Å²) in [7, 11) is 0. The quantitative estimate of drug-likeness (QED) is 0.819. The lowest BCUT2D eigenvalue weighted by Crippen LogP contribution is -2.41. The van der Waals surface area contributed by atoms with Gasteiger partial charge in [-0.05, 0) is 18.8 Å². The van der Waals surface area contributed by atoms with Crippen LogP contribution >= 0.6 is 0 Å².